The summed E-state index contributed by atoms with van der Waals surface area (Å²) in [5, 5.41) is 7.88. The minimum Gasteiger partial charge on any atom is -0.307 e. The topological polar surface area (TPSA) is 97.2 Å². The molecule has 0 fully saturated rings. The van der Waals surface area contributed by atoms with Crippen LogP contribution in [0.1, 0.15) is 12.5 Å². The Kier molecular flexibility index (Phi) is 3.80. The normalized spacial score (nSPS) is 17.1. The van der Waals surface area contributed by atoms with Crippen molar-refractivity contribution in [3.05, 3.63) is 36.0 Å². The smallest absolute Gasteiger partial charge is 0.250 e. The molecule has 2 aromatic rings. The number of sulfonamides is 1. The number of hydrogen-bond acceptors (Lipinski definition) is 5. The first-order valence-corrected chi connectivity index (χ1v) is 9.00. The van der Waals surface area contributed by atoms with Crippen molar-refractivity contribution in [1.29, 1.82) is 0 Å². The highest BCUT2D eigenvalue weighted by Gasteiger charge is 2.30. The lowest BCUT2D eigenvalue weighted by molar-refractivity contribution is -0.119. The number of fused-ring (bicyclic) bond motifs is 1. The molecule has 0 saturated carbocycles. The Morgan fingerprint density at radius 1 is 1.39 bits per heavy atom. The lowest BCUT2D eigenvalue weighted by atomic mass is 10.1. The Balaban J connectivity index is 1.75. The first kappa shape index (κ1) is 15.5. The first-order chi connectivity index (χ1) is 10.8. The summed E-state index contributed by atoms with van der Waals surface area (Å²) in [4.78, 5) is 15.5. The zero-order chi connectivity index (χ0) is 16.6. The molecule has 1 aromatic heterocycles. The Morgan fingerprint density at radius 3 is 2.87 bits per heavy atom. The second kappa shape index (κ2) is 5.65. The van der Waals surface area contributed by atoms with Crippen LogP contribution in [0.15, 0.2) is 30.5 Å². The van der Waals surface area contributed by atoms with E-state index in [9.17, 15) is 13.2 Å². The summed E-state index contributed by atoms with van der Waals surface area (Å²) in [6.45, 7) is 1.94. The second-order valence-electron chi connectivity index (χ2n) is 5.58. The molecule has 8 nitrogen and oxygen atoms in total. The first-order valence-electron chi connectivity index (χ1n) is 7.11. The zero-order valence-corrected chi connectivity index (χ0v) is 13.6. The molecular weight excluding hydrogens is 318 g/mol. The number of aromatic nitrogens is 3. The fraction of sp³-hybridized carbons (Fsp3) is 0.357. The molecule has 3 rings (SSSR count). The number of anilines is 2. The largest absolute Gasteiger partial charge is 0.307 e. The number of benzene rings is 1. The van der Waals surface area contributed by atoms with Crippen LogP contribution in [0.2, 0.25) is 0 Å². The molecule has 1 N–H and O–H groups in total. The number of carbonyl (C=O) groups excluding carboxylic acids is 1. The van der Waals surface area contributed by atoms with Gasteiger partial charge in [0.2, 0.25) is 10.0 Å². The van der Waals surface area contributed by atoms with Crippen molar-refractivity contribution in [3.8, 4) is 0 Å². The number of rotatable bonds is 4. The average molecular weight is 335 g/mol. The van der Waals surface area contributed by atoms with Crippen molar-refractivity contribution < 1.29 is 13.2 Å². The Hall–Kier alpha value is -2.42. The quantitative estimate of drug-likeness (QED) is 0.884. The maximum atomic E-state index is 12.6. The molecule has 0 spiro atoms. The van der Waals surface area contributed by atoms with Crippen LogP contribution >= 0.6 is 0 Å². The molecule has 1 atom stereocenters. The van der Waals surface area contributed by atoms with E-state index >= 15 is 0 Å². The lowest BCUT2D eigenvalue weighted by Crippen LogP contribution is -2.38. The number of carbonyl (C=O) groups is 1. The predicted molar refractivity (Wildman–Crippen MR) is 85.6 cm³/mol. The molecule has 0 bridgehead atoms. The molecule has 9 heteroatoms. The monoisotopic (exact) mass is 335 g/mol. The molecule has 1 unspecified atom stereocenters. The third-order valence-electron chi connectivity index (χ3n) is 3.58. The molecule has 1 aliphatic rings. The predicted octanol–water partition coefficient (Wildman–Crippen LogP) is 0.627. The second-order valence-corrected chi connectivity index (χ2v) is 7.33. The van der Waals surface area contributed by atoms with E-state index in [2.05, 4.69) is 14.9 Å². The van der Waals surface area contributed by atoms with Crippen LogP contribution < -0.4 is 9.62 Å². The molecule has 23 heavy (non-hydrogen) atoms. The molecule has 0 saturated heterocycles. The highest BCUT2D eigenvalue weighted by molar-refractivity contribution is 7.92. The van der Waals surface area contributed by atoms with Gasteiger partial charge in [0.25, 0.3) is 5.91 Å². The van der Waals surface area contributed by atoms with Crippen LogP contribution in [-0.4, -0.2) is 41.6 Å². The summed E-state index contributed by atoms with van der Waals surface area (Å²) >= 11 is 0. The van der Waals surface area contributed by atoms with Gasteiger partial charge in [-0.2, -0.15) is 9.90 Å². The summed E-state index contributed by atoms with van der Waals surface area (Å²) in [5.41, 5.74) is 2.05. The van der Waals surface area contributed by atoms with Crippen LogP contribution in [0.5, 0.6) is 0 Å². The van der Waals surface area contributed by atoms with Crippen molar-refractivity contribution in [3.63, 3.8) is 0 Å². The summed E-state index contributed by atoms with van der Waals surface area (Å²) in [6, 6.07) is 7.86. The fourth-order valence-electron chi connectivity index (χ4n) is 2.75. The standard InChI is InChI=1S/C14H17N5O3S/c1-10-7-11-5-3-4-6-12(11)19(10)14(20)9-18-15-8-13(16-18)17-23(2,21)22/h3-6,8,10H,7,9H2,1-2H3,(H,16,17). The fourth-order valence-corrected chi connectivity index (χ4v) is 3.23. The van der Waals surface area contributed by atoms with E-state index in [1.54, 1.807) is 4.90 Å². The van der Waals surface area contributed by atoms with Gasteiger partial charge in [0.15, 0.2) is 5.82 Å². The number of hydrogen-bond donors (Lipinski definition) is 1. The zero-order valence-electron chi connectivity index (χ0n) is 12.8. The molecular formula is C14H17N5O3S. The lowest BCUT2D eigenvalue weighted by Gasteiger charge is -2.22. The van der Waals surface area contributed by atoms with E-state index < -0.39 is 10.0 Å². The molecule has 0 aliphatic carbocycles. The Bertz CT molecular complexity index is 846. The molecule has 1 aromatic carbocycles. The summed E-state index contributed by atoms with van der Waals surface area (Å²) in [5.74, 6) is -0.0425. The maximum Gasteiger partial charge on any atom is 0.250 e. The van der Waals surface area contributed by atoms with Gasteiger partial charge in [-0.1, -0.05) is 18.2 Å². The van der Waals surface area contributed by atoms with Crippen molar-refractivity contribution in [2.24, 2.45) is 0 Å². The van der Waals surface area contributed by atoms with E-state index in [1.807, 2.05) is 31.2 Å². The maximum absolute atomic E-state index is 12.6. The number of nitrogens with zero attached hydrogens (tertiary/aromatic N) is 4. The summed E-state index contributed by atoms with van der Waals surface area (Å²) < 4.78 is 24.5. The van der Waals surface area contributed by atoms with Crippen molar-refractivity contribution >= 4 is 27.4 Å². The van der Waals surface area contributed by atoms with Gasteiger partial charge in [0, 0.05) is 11.7 Å². The van der Waals surface area contributed by atoms with Gasteiger partial charge in [-0.15, -0.1) is 5.10 Å². The summed E-state index contributed by atoms with van der Waals surface area (Å²) in [7, 11) is -3.42. The minimum absolute atomic E-state index is 0.0515. The molecule has 1 amide bonds. The SMILES string of the molecule is CC1Cc2ccccc2N1C(=O)Cn1ncc(NS(C)(=O)=O)n1. The van der Waals surface area contributed by atoms with Crippen molar-refractivity contribution in [2.75, 3.05) is 15.9 Å². The van der Waals surface area contributed by atoms with Gasteiger partial charge in [-0.25, -0.2) is 8.42 Å². The average Bonchev–Trinajstić information content (AvgIpc) is 2.99. The Labute approximate surface area is 134 Å². The van der Waals surface area contributed by atoms with Crippen LogP contribution in [-0.2, 0) is 27.8 Å². The highest BCUT2D eigenvalue weighted by atomic mass is 32.2. The van der Waals surface area contributed by atoms with Crippen molar-refractivity contribution in [1.82, 2.24) is 15.0 Å². The molecule has 0 radical (unpaired) electrons. The van der Waals surface area contributed by atoms with Crippen LogP contribution in [0, 0.1) is 0 Å². The summed E-state index contributed by atoms with van der Waals surface area (Å²) in [6.07, 6.45) is 3.12. The van der Waals surface area contributed by atoms with E-state index in [0.717, 1.165) is 23.9 Å². The number of amides is 1. The Morgan fingerprint density at radius 2 is 2.13 bits per heavy atom. The van der Waals surface area contributed by atoms with Gasteiger partial charge >= 0.3 is 0 Å². The third-order valence-corrected chi connectivity index (χ3v) is 4.16. The van der Waals surface area contributed by atoms with E-state index in [0.29, 0.717) is 0 Å². The highest BCUT2D eigenvalue weighted by Crippen LogP contribution is 2.31. The molecule has 2 heterocycles. The number of nitrogens with one attached hydrogen (secondary N) is 1. The van der Waals surface area contributed by atoms with Crippen LogP contribution in [0.25, 0.3) is 0 Å². The van der Waals surface area contributed by atoms with Gasteiger partial charge in [0.1, 0.15) is 6.54 Å². The van der Waals surface area contributed by atoms with E-state index in [4.69, 9.17) is 0 Å². The third kappa shape index (κ3) is 3.34. The van der Waals surface area contributed by atoms with Gasteiger partial charge in [-0.05, 0) is 25.0 Å². The van der Waals surface area contributed by atoms with Crippen molar-refractivity contribution in [2.45, 2.75) is 25.9 Å². The van der Waals surface area contributed by atoms with Crippen LogP contribution in [0.4, 0.5) is 11.5 Å². The van der Waals surface area contributed by atoms with E-state index in [1.165, 1.54) is 11.0 Å². The minimum atomic E-state index is -3.42. The van der Waals surface area contributed by atoms with E-state index in [-0.39, 0.29) is 24.3 Å². The van der Waals surface area contributed by atoms with Crippen LogP contribution in [0.3, 0.4) is 0 Å². The molecule has 1 aliphatic heterocycles. The van der Waals surface area contributed by atoms with Gasteiger partial charge in [0.05, 0.1) is 12.5 Å². The number of para-hydroxylation sites is 1. The van der Waals surface area contributed by atoms with Gasteiger partial charge in [-0.3, -0.25) is 9.52 Å². The van der Waals surface area contributed by atoms with Gasteiger partial charge < -0.3 is 4.90 Å². The molecule has 122 valence electrons.